The third-order valence-electron chi connectivity index (χ3n) is 3.29. The van der Waals surface area contributed by atoms with Crippen molar-refractivity contribution in [3.8, 4) is 0 Å². The van der Waals surface area contributed by atoms with Gasteiger partial charge in [0.15, 0.2) is 5.43 Å². The van der Waals surface area contributed by atoms with Gasteiger partial charge in [0, 0.05) is 10.8 Å². The molecule has 0 aliphatic heterocycles. The molecular formula is C15H8O3. The van der Waals surface area contributed by atoms with Crippen LogP contribution in [0, 0.1) is 0 Å². The van der Waals surface area contributed by atoms with E-state index >= 15 is 0 Å². The highest BCUT2D eigenvalue weighted by molar-refractivity contribution is 6.19. The fraction of sp³-hybridized carbons (Fsp3) is 0. The van der Waals surface area contributed by atoms with Crippen LogP contribution in [0.25, 0.3) is 32.5 Å². The summed E-state index contributed by atoms with van der Waals surface area (Å²) in [5.74, 6) is 0. The predicted molar refractivity (Wildman–Crippen MR) is 69.8 cm³/mol. The summed E-state index contributed by atoms with van der Waals surface area (Å²) in [6, 6.07) is 9.32. The number of hydrogen-bond acceptors (Lipinski definition) is 3. The minimum absolute atomic E-state index is 0.0196. The topological polar surface area (TPSA) is 43.4 Å². The van der Waals surface area contributed by atoms with Crippen LogP contribution in [0.15, 0.2) is 62.8 Å². The highest BCUT2D eigenvalue weighted by atomic mass is 16.3. The van der Waals surface area contributed by atoms with Gasteiger partial charge in [-0.25, -0.2) is 0 Å². The molecule has 2 heterocycles. The smallest absolute Gasteiger partial charge is 0.197 e. The van der Waals surface area contributed by atoms with Gasteiger partial charge in [0.25, 0.3) is 0 Å². The molecule has 0 saturated heterocycles. The Morgan fingerprint density at radius 1 is 0.833 bits per heavy atom. The van der Waals surface area contributed by atoms with Gasteiger partial charge in [0.05, 0.1) is 17.9 Å². The molecule has 4 rings (SSSR count). The van der Waals surface area contributed by atoms with Crippen molar-refractivity contribution >= 4 is 32.5 Å². The van der Waals surface area contributed by atoms with Crippen LogP contribution in [0.5, 0.6) is 0 Å². The molecule has 0 fully saturated rings. The first kappa shape index (κ1) is 9.48. The van der Waals surface area contributed by atoms with E-state index in [-0.39, 0.29) is 5.43 Å². The summed E-state index contributed by atoms with van der Waals surface area (Å²) in [5.41, 5.74) is 0.707. The molecular weight excluding hydrogens is 228 g/mol. The molecule has 0 atom stereocenters. The molecule has 0 saturated carbocycles. The van der Waals surface area contributed by atoms with Gasteiger partial charge in [-0.1, -0.05) is 12.1 Å². The van der Waals surface area contributed by atoms with Crippen LogP contribution in [0.1, 0.15) is 0 Å². The van der Waals surface area contributed by atoms with Crippen molar-refractivity contribution < 1.29 is 8.83 Å². The Morgan fingerprint density at radius 3 is 2.67 bits per heavy atom. The Labute approximate surface area is 101 Å². The standard InChI is InChI=1S/C15H8O3/c16-15-11-5-7-18-13-3-1-2-10(14(11)13)9-4-6-17-8-12(9)15/h1-8H. The van der Waals surface area contributed by atoms with Crippen LogP contribution in [-0.4, -0.2) is 0 Å². The summed E-state index contributed by atoms with van der Waals surface area (Å²) in [5, 5.41) is 4.05. The van der Waals surface area contributed by atoms with Gasteiger partial charge in [-0.15, -0.1) is 0 Å². The first-order chi connectivity index (χ1) is 8.86. The normalized spacial score (nSPS) is 11.6. The Hall–Kier alpha value is -2.55. The second-order valence-corrected chi connectivity index (χ2v) is 4.23. The highest BCUT2D eigenvalue weighted by Gasteiger charge is 2.12. The number of fused-ring (bicyclic) bond motifs is 2. The van der Waals surface area contributed by atoms with Crippen molar-refractivity contribution in [2.75, 3.05) is 0 Å². The lowest BCUT2D eigenvalue weighted by Crippen LogP contribution is -2.02. The molecule has 0 amide bonds. The third kappa shape index (κ3) is 1.06. The Bertz CT molecular complexity index is 939. The van der Waals surface area contributed by atoms with Gasteiger partial charge in [0.1, 0.15) is 11.8 Å². The monoisotopic (exact) mass is 236 g/mol. The average molecular weight is 236 g/mol. The van der Waals surface area contributed by atoms with Crippen molar-refractivity contribution in [3.63, 3.8) is 0 Å². The maximum Gasteiger partial charge on any atom is 0.197 e. The molecule has 18 heavy (non-hydrogen) atoms. The fourth-order valence-corrected chi connectivity index (χ4v) is 2.50. The van der Waals surface area contributed by atoms with E-state index in [4.69, 9.17) is 8.83 Å². The molecule has 0 bridgehead atoms. The Balaban J connectivity index is 2.52. The van der Waals surface area contributed by atoms with Crippen LogP contribution in [-0.2, 0) is 0 Å². The van der Waals surface area contributed by atoms with E-state index < -0.39 is 0 Å². The van der Waals surface area contributed by atoms with E-state index in [1.165, 1.54) is 6.26 Å². The maximum atomic E-state index is 12.4. The van der Waals surface area contributed by atoms with Crippen molar-refractivity contribution in [1.29, 1.82) is 0 Å². The molecule has 3 heteroatoms. The maximum absolute atomic E-state index is 12.4. The summed E-state index contributed by atoms with van der Waals surface area (Å²) in [6.45, 7) is 0. The van der Waals surface area contributed by atoms with Crippen LogP contribution in [0.4, 0.5) is 0 Å². The van der Waals surface area contributed by atoms with E-state index in [9.17, 15) is 4.79 Å². The zero-order valence-corrected chi connectivity index (χ0v) is 9.34. The van der Waals surface area contributed by atoms with Crippen LogP contribution >= 0.6 is 0 Å². The number of rotatable bonds is 0. The molecule has 86 valence electrons. The molecule has 4 aromatic rings. The fourth-order valence-electron chi connectivity index (χ4n) is 2.50. The number of hydrogen-bond donors (Lipinski definition) is 0. The van der Waals surface area contributed by atoms with Gasteiger partial charge < -0.3 is 8.83 Å². The molecule has 2 aromatic heterocycles. The lowest BCUT2D eigenvalue weighted by molar-refractivity contribution is 0.557. The lowest BCUT2D eigenvalue weighted by atomic mass is 9.99. The third-order valence-corrected chi connectivity index (χ3v) is 3.29. The largest absolute Gasteiger partial charge is 0.472 e. The van der Waals surface area contributed by atoms with Crippen LogP contribution in [0.2, 0.25) is 0 Å². The molecule has 0 radical (unpaired) electrons. The summed E-state index contributed by atoms with van der Waals surface area (Å²) < 4.78 is 10.6. The van der Waals surface area contributed by atoms with Gasteiger partial charge in [-0.05, 0) is 29.0 Å². The second-order valence-electron chi connectivity index (χ2n) is 4.23. The summed E-state index contributed by atoms with van der Waals surface area (Å²) in [6.07, 6.45) is 4.63. The van der Waals surface area contributed by atoms with Crippen molar-refractivity contribution in [3.05, 3.63) is 59.3 Å². The van der Waals surface area contributed by atoms with Crippen LogP contribution < -0.4 is 5.43 Å². The van der Waals surface area contributed by atoms with Gasteiger partial charge in [-0.3, -0.25) is 4.79 Å². The minimum atomic E-state index is -0.0196. The average Bonchev–Trinajstić information content (AvgIpc) is 2.44. The van der Waals surface area contributed by atoms with Gasteiger partial charge >= 0.3 is 0 Å². The zero-order chi connectivity index (χ0) is 12.1. The molecule has 0 aliphatic rings. The molecule has 0 spiro atoms. The van der Waals surface area contributed by atoms with Crippen molar-refractivity contribution in [2.45, 2.75) is 0 Å². The SMILES string of the molecule is O=c1c2coccc2c2cccc3occc1c32. The molecule has 0 aliphatic carbocycles. The first-order valence-corrected chi connectivity index (χ1v) is 5.64. The van der Waals surface area contributed by atoms with E-state index in [1.807, 2.05) is 24.3 Å². The summed E-state index contributed by atoms with van der Waals surface area (Å²) in [4.78, 5) is 12.4. The minimum Gasteiger partial charge on any atom is -0.472 e. The number of benzene rings is 2. The lowest BCUT2D eigenvalue weighted by Gasteiger charge is -2.06. The summed E-state index contributed by atoms with van der Waals surface area (Å²) in [7, 11) is 0. The zero-order valence-electron chi connectivity index (χ0n) is 9.34. The Kier molecular flexibility index (Phi) is 1.70. The van der Waals surface area contributed by atoms with E-state index in [1.54, 1.807) is 18.6 Å². The van der Waals surface area contributed by atoms with E-state index in [0.29, 0.717) is 10.8 Å². The molecule has 0 unspecified atom stereocenters. The highest BCUT2D eigenvalue weighted by Crippen LogP contribution is 2.30. The first-order valence-electron chi connectivity index (χ1n) is 5.64. The van der Waals surface area contributed by atoms with Crippen molar-refractivity contribution in [2.24, 2.45) is 0 Å². The molecule has 2 aromatic carbocycles. The molecule has 0 N–H and O–H groups in total. The van der Waals surface area contributed by atoms with E-state index in [0.717, 1.165) is 21.7 Å². The van der Waals surface area contributed by atoms with Crippen LogP contribution in [0.3, 0.4) is 0 Å². The van der Waals surface area contributed by atoms with Gasteiger partial charge in [0.2, 0.25) is 0 Å². The summed E-state index contributed by atoms with van der Waals surface area (Å²) >= 11 is 0. The van der Waals surface area contributed by atoms with Gasteiger partial charge in [-0.2, -0.15) is 0 Å². The quantitative estimate of drug-likeness (QED) is 0.345. The second kappa shape index (κ2) is 3.23. The Morgan fingerprint density at radius 2 is 1.72 bits per heavy atom. The predicted octanol–water partition coefficient (Wildman–Crippen LogP) is 3.69. The van der Waals surface area contributed by atoms with Crippen molar-refractivity contribution in [1.82, 2.24) is 0 Å². The molecule has 3 nitrogen and oxygen atoms in total. The van der Waals surface area contributed by atoms with E-state index in [2.05, 4.69) is 0 Å².